The highest BCUT2D eigenvalue weighted by molar-refractivity contribution is 4.73. The van der Waals surface area contributed by atoms with Crippen LogP contribution in [0.5, 0.6) is 0 Å². The molecule has 1 N–H and O–H groups in total. The first-order valence-corrected chi connectivity index (χ1v) is 4.01. The summed E-state index contributed by atoms with van der Waals surface area (Å²) in [5.41, 5.74) is 0. The zero-order valence-corrected chi connectivity index (χ0v) is 6.90. The molecule has 0 aliphatic heterocycles. The zero-order chi connectivity index (χ0) is 8.65. The molecule has 0 spiro atoms. The zero-order valence-electron chi connectivity index (χ0n) is 6.90. The van der Waals surface area contributed by atoms with Crippen molar-refractivity contribution in [1.82, 2.24) is 14.9 Å². The highest BCUT2D eigenvalue weighted by Gasteiger charge is 1.89. The van der Waals surface area contributed by atoms with Gasteiger partial charge in [0.15, 0.2) is 6.19 Å². The molecule has 1 heterocycles. The maximum Gasteiger partial charge on any atom is 0.176 e. The number of nitrogens with one attached hydrogen (secondary N) is 1. The number of imidazole rings is 1. The molecule has 4 nitrogen and oxygen atoms in total. The summed E-state index contributed by atoms with van der Waals surface area (Å²) in [6.07, 6.45) is 9.50. The number of unbranched alkanes of at least 4 members (excludes halogenated alkanes) is 1. The molecule has 0 aliphatic rings. The van der Waals surface area contributed by atoms with Gasteiger partial charge in [0.1, 0.15) is 0 Å². The van der Waals surface area contributed by atoms with E-state index in [1.807, 2.05) is 17.0 Å². The Kier molecular flexibility index (Phi) is 3.72. The average molecular weight is 164 g/mol. The SMILES string of the molecule is N#CNCCCCn1ccnc1. The fourth-order valence-corrected chi connectivity index (χ4v) is 0.983. The molecule has 0 saturated carbocycles. The fraction of sp³-hybridized carbons (Fsp3) is 0.500. The Hall–Kier alpha value is -1.50. The standard InChI is InChI=1S/C8H12N4/c9-7-10-3-1-2-5-12-6-4-11-8-12/h4,6,8,10H,1-3,5H2. The number of aryl methyl sites for hydroxylation is 1. The number of hydrogen-bond donors (Lipinski definition) is 1. The van der Waals surface area contributed by atoms with Crippen molar-refractivity contribution >= 4 is 0 Å². The quantitative estimate of drug-likeness (QED) is 0.396. The second-order valence-corrected chi connectivity index (χ2v) is 2.55. The fourth-order valence-electron chi connectivity index (χ4n) is 0.983. The molecule has 4 heteroatoms. The van der Waals surface area contributed by atoms with Gasteiger partial charge < -0.3 is 9.88 Å². The predicted molar refractivity (Wildman–Crippen MR) is 45.1 cm³/mol. The van der Waals surface area contributed by atoms with Crippen molar-refractivity contribution < 1.29 is 0 Å². The smallest absolute Gasteiger partial charge is 0.176 e. The van der Waals surface area contributed by atoms with E-state index in [0.717, 1.165) is 25.9 Å². The van der Waals surface area contributed by atoms with Gasteiger partial charge in [-0.3, -0.25) is 0 Å². The van der Waals surface area contributed by atoms with Gasteiger partial charge in [-0.2, -0.15) is 5.26 Å². The number of nitrogens with zero attached hydrogens (tertiary/aromatic N) is 3. The van der Waals surface area contributed by atoms with Crippen molar-refractivity contribution in [3.8, 4) is 6.19 Å². The molecule has 64 valence electrons. The van der Waals surface area contributed by atoms with E-state index in [2.05, 4.69) is 10.3 Å². The maximum absolute atomic E-state index is 8.17. The minimum absolute atomic E-state index is 0.769. The molecule has 0 saturated heterocycles. The second-order valence-electron chi connectivity index (χ2n) is 2.55. The van der Waals surface area contributed by atoms with Gasteiger partial charge in [0.05, 0.1) is 6.33 Å². The summed E-state index contributed by atoms with van der Waals surface area (Å²) in [5, 5.41) is 10.8. The Labute approximate surface area is 71.8 Å². The predicted octanol–water partition coefficient (Wildman–Crippen LogP) is 0.734. The van der Waals surface area contributed by atoms with Crippen molar-refractivity contribution in [2.75, 3.05) is 6.54 Å². The highest BCUT2D eigenvalue weighted by atomic mass is 15.0. The number of rotatable bonds is 5. The van der Waals surface area contributed by atoms with Crippen LogP contribution in [-0.4, -0.2) is 16.1 Å². The molecule has 0 fully saturated rings. The maximum atomic E-state index is 8.17. The van der Waals surface area contributed by atoms with Crippen LogP contribution in [0.25, 0.3) is 0 Å². The Morgan fingerprint density at radius 2 is 2.42 bits per heavy atom. The van der Waals surface area contributed by atoms with Gasteiger partial charge in [0, 0.05) is 25.5 Å². The van der Waals surface area contributed by atoms with E-state index in [4.69, 9.17) is 5.26 Å². The molecule has 0 aliphatic carbocycles. The van der Waals surface area contributed by atoms with Crippen LogP contribution < -0.4 is 5.32 Å². The third kappa shape index (κ3) is 3.06. The molecule has 0 aromatic carbocycles. The third-order valence-electron chi connectivity index (χ3n) is 1.61. The average Bonchev–Trinajstić information content (AvgIpc) is 2.57. The van der Waals surface area contributed by atoms with Crippen LogP contribution in [0.15, 0.2) is 18.7 Å². The summed E-state index contributed by atoms with van der Waals surface area (Å²) < 4.78 is 2.03. The van der Waals surface area contributed by atoms with Crippen LogP contribution >= 0.6 is 0 Å². The van der Waals surface area contributed by atoms with E-state index in [1.165, 1.54) is 0 Å². The van der Waals surface area contributed by atoms with Gasteiger partial charge >= 0.3 is 0 Å². The molecule has 0 amide bonds. The first kappa shape index (κ1) is 8.60. The Morgan fingerprint density at radius 1 is 1.50 bits per heavy atom. The van der Waals surface area contributed by atoms with E-state index in [1.54, 1.807) is 12.5 Å². The van der Waals surface area contributed by atoms with Gasteiger partial charge in [0.25, 0.3) is 0 Å². The lowest BCUT2D eigenvalue weighted by molar-refractivity contribution is 0.599. The molecule has 1 rings (SSSR count). The van der Waals surface area contributed by atoms with Crippen molar-refractivity contribution in [1.29, 1.82) is 5.26 Å². The lowest BCUT2D eigenvalue weighted by atomic mass is 10.3. The molecule has 0 unspecified atom stereocenters. The summed E-state index contributed by atoms with van der Waals surface area (Å²) in [7, 11) is 0. The van der Waals surface area contributed by atoms with Crippen LogP contribution in [0.4, 0.5) is 0 Å². The molecule has 0 radical (unpaired) electrons. The molecule has 12 heavy (non-hydrogen) atoms. The normalized spacial score (nSPS) is 9.25. The minimum atomic E-state index is 0.769. The topological polar surface area (TPSA) is 53.6 Å². The van der Waals surface area contributed by atoms with Gasteiger partial charge in [0.2, 0.25) is 0 Å². The summed E-state index contributed by atoms with van der Waals surface area (Å²) in [5.74, 6) is 0. The number of hydrogen-bond acceptors (Lipinski definition) is 3. The lowest BCUT2D eigenvalue weighted by Crippen LogP contribution is -2.07. The number of aromatic nitrogens is 2. The van der Waals surface area contributed by atoms with Crippen LogP contribution in [0.3, 0.4) is 0 Å². The van der Waals surface area contributed by atoms with E-state index < -0.39 is 0 Å². The van der Waals surface area contributed by atoms with Gasteiger partial charge in [-0.1, -0.05) is 0 Å². The van der Waals surface area contributed by atoms with Crippen molar-refractivity contribution in [2.45, 2.75) is 19.4 Å². The monoisotopic (exact) mass is 164 g/mol. The van der Waals surface area contributed by atoms with Crippen molar-refractivity contribution in [2.24, 2.45) is 0 Å². The first-order valence-electron chi connectivity index (χ1n) is 4.01. The summed E-state index contributed by atoms with van der Waals surface area (Å²) in [6.45, 7) is 1.75. The Balaban J connectivity index is 2.01. The first-order chi connectivity index (χ1) is 5.93. The van der Waals surface area contributed by atoms with Gasteiger partial charge in [-0.05, 0) is 12.8 Å². The molecular weight excluding hydrogens is 152 g/mol. The summed E-state index contributed by atoms with van der Waals surface area (Å²) in [4.78, 5) is 3.93. The van der Waals surface area contributed by atoms with Gasteiger partial charge in [-0.25, -0.2) is 4.98 Å². The molecule has 0 atom stereocenters. The highest BCUT2D eigenvalue weighted by Crippen LogP contribution is 1.93. The van der Waals surface area contributed by atoms with Crippen LogP contribution in [0.2, 0.25) is 0 Å². The van der Waals surface area contributed by atoms with E-state index in [0.29, 0.717) is 0 Å². The summed E-state index contributed by atoms with van der Waals surface area (Å²) in [6, 6.07) is 0. The van der Waals surface area contributed by atoms with Crippen molar-refractivity contribution in [3.05, 3.63) is 18.7 Å². The van der Waals surface area contributed by atoms with E-state index in [9.17, 15) is 0 Å². The summed E-state index contributed by atoms with van der Waals surface area (Å²) >= 11 is 0. The minimum Gasteiger partial charge on any atom is -0.337 e. The Morgan fingerprint density at radius 3 is 3.08 bits per heavy atom. The van der Waals surface area contributed by atoms with Crippen LogP contribution in [-0.2, 0) is 6.54 Å². The largest absolute Gasteiger partial charge is 0.337 e. The van der Waals surface area contributed by atoms with E-state index in [-0.39, 0.29) is 0 Å². The second kappa shape index (κ2) is 5.19. The molecular formula is C8H12N4. The van der Waals surface area contributed by atoms with E-state index >= 15 is 0 Å². The molecule has 1 aromatic heterocycles. The Bertz CT molecular complexity index is 234. The molecule has 0 bridgehead atoms. The third-order valence-corrected chi connectivity index (χ3v) is 1.61. The lowest BCUT2D eigenvalue weighted by Gasteiger charge is -2.00. The van der Waals surface area contributed by atoms with Gasteiger partial charge in [-0.15, -0.1) is 0 Å². The van der Waals surface area contributed by atoms with Crippen LogP contribution in [0.1, 0.15) is 12.8 Å². The molecule has 1 aromatic rings. The number of nitriles is 1. The van der Waals surface area contributed by atoms with Crippen molar-refractivity contribution in [3.63, 3.8) is 0 Å². The van der Waals surface area contributed by atoms with Crippen LogP contribution in [0, 0.1) is 11.5 Å².